The van der Waals surface area contributed by atoms with Gasteiger partial charge in [0.1, 0.15) is 12.1 Å². The first-order chi connectivity index (χ1) is 8.60. The van der Waals surface area contributed by atoms with Crippen LogP contribution in [0.2, 0.25) is 0 Å². The van der Waals surface area contributed by atoms with Crippen molar-refractivity contribution in [1.29, 1.82) is 0 Å². The van der Waals surface area contributed by atoms with Crippen LogP contribution in [0.3, 0.4) is 0 Å². The molecule has 2 aromatic rings. The summed E-state index contributed by atoms with van der Waals surface area (Å²) in [6.45, 7) is 0. The summed E-state index contributed by atoms with van der Waals surface area (Å²) in [5, 5.41) is -0.482. The zero-order valence-corrected chi connectivity index (χ0v) is 8.97. The summed E-state index contributed by atoms with van der Waals surface area (Å²) in [4.78, 5) is 6.74. The van der Waals surface area contributed by atoms with Crippen molar-refractivity contribution in [3.63, 3.8) is 0 Å². The maximum Gasteiger partial charge on any atom is 0.418 e. The van der Waals surface area contributed by atoms with Gasteiger partial charge in [-0.25, -0.2) is 9.97 Å². The molecule has 0 aliphatic carbocycles. The van der Waals surface area contributed by atoms with Gasteiger partial charge in [-0.3, -0.25) is 0 Å². The number of hydrogen-bond donors (Lipinski definition) is 1. The third kappa shape index (κ3) is 2.40. The summed E-state index contributed by atoms with van der Waals surface area (Å²) in [6, 6.07) is 0.509. The second-order valence-electron chi connectivity index (χ2n) is 3.67. The quantitative estimate of drug-likeness (QED) is 0.754. The smallest absolute Gasteiger partial charge is 0.383 e. The third-order valence-corrected chi connectivity index (χ3v) is 2.40. The molecule has 0 bridgehead atoms. The van der Waals surface area contributed by atoms with E-state index in [1.165, 1.54) is 0 Å². The van der Waals surface area contributed by atoms with Gasteiger partial charge in [-0.2, -0.15) is 26.3 Å². The molecule has 1 aromatic heterocycles. The number of fused-ring (bicyclic) bond motifs is 1. The first-order valence-corrected chi connectivity index (χ1v) is 4.79. The molecule has 2 N–H and O–H groups in total. The summed E-state index contributed by atoms with van der Waals surface area (Å²) < 4.78 is 75.9. The number of rotatable bonds is 0. The predicted molar refractivity (Wildman–Crippen MR) is 54.0 cm³/mol. The van der Waals surface area contributed by atoms with Crippen LogP contribution < -0.4 is 5.73 Å². The maximum atomic E-state index is 12.7. The number of nitrogen functional groups attached to an aromatic ring is 1. The lowest BCUT2D eigenvalue weighted by Crippen LogP contribution is -2.12. The standard InChI is InChI=1S/C10H5F6N3/c11-9(12,13)4-1-5-7(18-3-19-8(5)17)6(2-4)10(14,15)16/h1-3H,(H2,17,18,19). The maximum absolute atomic E-state index is 12.7. The van der Waals surface area contributed by atoms with Gasteiger partial charge in [0.25, 0.3) is 0 Å². The molecule has 0 amide bonds. The van der Waals surface area contributed by atoms with E-state index in [1.807, 2.05) is 0 Å². The van der Waals surface area contributed by atoms with Crippen LogP contribution in [-0.2, 0) is 12.4 Å². The molecule has 0 aliphatic heterocycles. The van der Waals surface area contributed by atoms with Gasteiger partial charge in [-0.1, -0.05) is 0 Å². The lowest BCUT2D eigenvalue weighted by molar-refractivity contribution is -0.142. The molecule has 0 unspecified atom stereocenters. The molecule has 0 atom stereocenters. The molecule has 0 saturated carbocycles. The number of halogens is 6. The Kier molecular flexibility index (Phi) is 2.79. The third-order valence-electron chi connectivity index (χ3n) is 2.40. The lowest BCUT2D eigenvalue weighted by atomic mass is 10.0. The molecule has 102 valence electrons. The SMILES string of the molecule is Nc1ncnc2c(C(F)(F)F)cc(C(F)(F)F)cc12. The van der Waals surface area contributed by atoms with E-state index >= 15 is 0 Å². The monoisotopic (exact) mass is 281 g/mol. The minimum absolute atomic E-state index is 0.00870. The first kappa shape index (κ1) is 13.4. The largest absolute Gasteiger partial charge is 0.418 e. The number of nitrogens with zero attached hydrogens (tertiary/aromatic N) is 2. The molecule has 0 spiro atoms. The highest BCUT2D eigenvalue weighted by atomic mass is 19.4. The van der Waals surface area contributed by atoms with E-state index in [0.29, 0.717) is 6.07 Å². The van der Waals surface area contributed by atoms with E-state index < -0.39 is 40.2 Å². The van der Waals surface area contributed by atoms with Crippen LogP contribution in [0.1, 0.15) is 11.1 Å². The summed E-state index contributed by atoms with van der Waals surface area (Å²) in [6.07, 6.45) is -9.13. The van der Waals surface area contributed by atoms with Crippen LogP contribution in [0.25, 0.3) is 10.9 Å². The van der Waals surface area contributed by atoms with Gasteiger partial charge in [0.15, 0.2) is 0 Å². The second-order valence-corrected chi connectivity index (χ2v) is 3.67. The molecule has 1 aromatic carbocycles. The van der Waals surface area contributed by atoms with Gasteiger partial charge in [-0.05, 0) is 12.1 Å². The number of nitrogens with two attached hydrogens (primary N) is 1. The first-order valence-electron chi connectivity index (χ1n) is 4.79. The van der Waals surface area contributed by atoms with Crippen molar-refractivity contribution in [2.75, 3.05) is 5.73 Å². The molecular weight excluding hydrogens is 276 g/mol. The highest BCUT2D eigenvalue weighted by molar-refractivity contribution is 5.91. The van der Waals surface area contributed by atoms with Crippen molar-refractivity contribution >= 4 is 16.7 Å². The molecular formula is C10H5F6N3. The Bertz CT molecular complexity index is 631. The van der Waals surface area contributed by atoms with Crippen LogP contribution in [-0.4, -0.2) is 9.97 Å². The summed E-state index contributed by atoms with van der Waals surface area (Å²) in [7, 11) is 0. The Morgan fingerprint density at radius 3 is 2.05 bits per heavy atom. The molecule has 3 nitrogen and oxygen atoms in total. The fraction of sp³-hybridized carbons (Fsp3) is 0.200. The molecule has 0 aliphatic rings. The van der Waals surface area contributed by atoms with Crippen molar-refractivity contribution in [3.05, 3.63) is 29.6 Å². The zero-order valence-electron chi connectivity index (χ0n) is 8.97. The van der Waals surface area contributed by atoms with Crippen LogP contribution >= 0.6 is 0 Å². The van der Waals surface area contributed by atoms with Gasteiger partial charge in [0.2, 0.25) is 0 Å². The van der Waals surface area contributed by atoms with Crippen molar-refractivity contribution in [1.82, 2.24) is 9.97 Å². The van der Waals surface area contributed by atoms with Gasteiger partial charge in [-0.15, -0.1) is 0 Å². The fourth-order valence-electron chi connectivity index (χ4n) is 1.57. The number of benzene rings is 1. The molecule has 0 radical (unpaired) electrons. The van der Waals surface area contributed by atoms with E-state index in [1.54, 1.807) is 0 Å². The predicted octanol–water partition coefficient (Wildman–Crippen LogP) is 3.25. The molecule has 2 rings (SSSR count). The average molecular weight is 281 g/mol. The van der Waals surface area contributed by atoms with Gasteiger partial charge >= 0.3 is 12.4 Å². The summed E-state index contributed by atoms with van der Waals surface area (Å²) >= 11 is 0. The van der Waals surface area contributed by atoms with Crippen LogP contribution in [0.5, 0.6) is 0 Å². The highest BCUT2D eigenvalue weighted by Crippen LogP contribution is 2.39. The van der Waals surface area contributed by atoms with Crippen LogP contribution in [0.4, 0.5) is 32.2 Å². The van der Waals surface area contributed by atoms with Crippen molar-refractivity contribution in [3.8, 4) is 0 Å². The number of hydrogen-bond acceptors (Lipinski definition) is 3. The Labute approximate surface area is 102 Å². The van der Waals surface area contributed by atoms with Crippen LogP contribution in [0, 0.1) is 0 Å². The number of alkyl halides is 6. The Balaban J connectivity index is 2.89. The van der Waals surface area contributed by atoms with E-state index in [-0.39, 0.29) is 6.07 Å². The van der Waals surface area contributed by atoms with Gasteiger partial charge in [0, 0.05) is 5.39 Å². The fourth-order valence-corrected chi connectivity index (χ4v) is 1.57. The average Bonchev–Trinajstić information content (AvgIpc) is 2.25. The van der Waals surface area contributed by atoms with Crippen molar-refractivity contribution in [2.24, 2.45) is 0 Å². The lowest BCUT2D eigenvalue weighted by Gasteiger charge is -2.14. The highest BCUT2D eigenvalue weighted by Gasteiger charge is 2.38. The Morgan fingerprint density at radius 1 is 0.895 bits per heavy atom. The molecule has 0 saturated heterocycles. The number of aromatic nitrogens is 2. The van der Waals surface area contributed by atoms with E-state index in [0.717, 1.165) is 6.33 Å². The molecule has 9 heteroatoms. The molecule has 0 fully saturated rings. The summed E-state index contributed by atoms with van der Waals surface area (Å²) in [5.74, 6) is -0.443. The minimum atomic E-state index is -4.97. The summed E-state index contributed by atoms with van der Waals surface area (Å²) in [5.41, 5.74) is 1.69. The Hall–Kier alpha value is -2.06. The van der Waals surface area contributed by atoms with Crippen molar-refractivity contribution in [2.45, 2.75) is 12.4 Å². The van der Waals surface area contributed by atoms with Gasteiger partial charge in [0.05, 0.1) is 16.6 Å². The van der Waals surface area contributed by atoms with Crippen molar-refractivity contribution < 1.29 is 26.3 Å². The Morgan fingerprint density at radius 2 is 1.53 bits per heavy atom. The second kappa shape index (κ2) is 3.97. The van der Waals surface area contributed by atoms with Crippen LogP contribution in [0.15, 0.2) is 18.5 Å². The topological polar surface area (TPSA) is 51.8 Å². The number of anilines is 1. The minimum Gasteiger partial charge on any atom is -0.383 e. The van der Waals surface area contributed by atoms with E-state index in [9.17, 15) is 26.3 Å². The van der Waals surface area contributed by atoms with E-state index in [4.69, 9.17) is 5.73 Å². The molecule has 1 heterocycles. The van der Waals surface area contributed by atoms with E-state index in [2.05, 4.69) is 9.97 Å². The zero-order chi connectivity index (χ0) is 14.4. The molecule has 19 heavy (non-hydrogen) atoms. The normalized spacial score (nSPS) is 12.9. The van der Waals surface area contributed by atoms with Gasteiger partial charge < -0.3 is 5.73 Å².